The molecule has 1 aromatic carbocycles. The van der Waals surface area contributed by atoms with Gasteiger partial charge in [0.05, 0.1) is 5.92 Å². The maximum Gasteiger partial charge on any atom is 0.310 e. The number of benzene rings is 1. The van der Waals surface area contributed by atoms with Gasteiger partial charge in [-0.1, -0.05) is 50.8 Å². The topological polar surface area (TPSA) is 99.2 Å². The van der Waals surface area contributed by atoms with Crippen molar-refractivity contribution in [1.29, 1.82) is 0 Å². The number of fused-ring (bicyclic) bond motifs is 1. The first-order valence-electron chi connectivity index (χ1n) is 11.6. The summed E-state index contributed by atoms with van der Waals surface area (Å²) in [5.41, 5.74) is 0.463. The molecule has 8 heteroatoms. The number of esters is 1. The number of hydrogen-bond donors (Lipinski definition) is 1. The SMILES string of the molecule is CC(C)CCCCC[C@H](C(=O)OC(C)(C)C)[C@H](Cc1ccc2c(c1)OCO2)c1nn[nH]n1. The molecule has 2 heterocycles. The zero-order valence-electron chi connectivity index (χ0n) is 19.9. The van der Waals surface area contributed by atoms with Crippen molar-refractivity contribution in [2.24, 2.45) is 11.8 Å². The number of nitrogens with one attached hydrogen (secondary N) is 1. The fourth-order valence-corrected chi connectivity index (χ4v) is 4.02. The van der Waals surface area contributed by atoms with Gasteiger partial charge in [0.25, 0.3) is 0 Å². The minimum atomic E-state index is -0.562. The van der Waals surface area contributed by atoms with Crippen molar-refractivity contribution in [3.8, 4) is 11.5 Å². The molecule has 0 radical (unpaired) electrons. The Morgan fingerprint density at radius 2 is 1.88 bits per heavy atom. The van der Waals surface area contributed by atoms with Gasteiger partial charge in [0.2, 0.25) is 6.79 Å². The molecule has 0 bridgehead atoms. The average Bonchev–Trinajstić information content (AvgIpc) is 3.39. The van der Waals surface area contributed by atoms with Crippen LogP contribution in [-0.4, -0.2) is 39.0 Å². The number of rotatable bonds is 11. The van der Waals surface area contributed by atoms with Gasteiger partial charge in [0.1, 0.15) is 5.60 Å². The van der Waals surface area contributed by atoms with Crippen LogP contribution in [0.5, 0.6) is 11.5 Å². The van der Waals surface area contributed by atoms with E-state index in [0.29, 0.717) is 18.2 Å². The summed E-state index contributed by atoms with van der Waals surface area (Å²) < 4.78 is 16.8. The Kier molecular flexibility index (Phi) is 8.10. The number of aromatic amines is 1. The van der Waals surface area contributed by atoms with Gasteiger partial charge in [0.15, 0.2) is 17.3 Å². The Morgan fingerprint density at radius 1 is 1.12 bits per heavy atom. The highest BCUT2D eigenvalue weighted by Crippen LogP contribution is 2.37. The van der Waals surface area contributed by atoms with Crippen LogP contribution in [0.1, 0.15) is 84.0 Å². The standard InChI is InChI=1S/C24H36N4O4/c1-16(2)9-7-6-8-10-18(23(29)32-24(3,4)5)19(22-25-27-28-26-22)13-17-11-12-20-21(14-17)31-15-30-20/h11-12,14,16,18-19H,6-10,13,15H2,1-5H3,(H,25,26,27,28)/t18-,19-/m0/s1. The monoisotopic (exact) mass is 444 g/mol. The van der Waals surface area contributed by atoms with Crippen LogP contribution in [-0.2, 0) is 16.0 Å². The first-order chi connectivity index (χ1) is 15.2. The molecule has 8 nitrogen and oxygen atoms in total. The van der Waals surface area contributed by atoms with Crippen molar-refractivity contribution in [3.05, 3.63) is 29.6 Å². The van der Waals surface area contributed by atoms with Gasteiger partial charge in [0, 0.05) is 5.92 Å². The molecular weight excluding hydrogens is 408 g/mol. The van der Waals surface area contributed by atoms with Gasteiger partial charge in [-0.3, -0.25) is 4.79 Å². The van der Waals surface area contributed by atoms with Crippen LogP contribution in [0, 0.1) is 11.8 Å². The minimum Gasteiger partial charge on any atom is -0.460 e. The van der Waals surface area contributed by atoms with Crippen molar-refractivity contribution in [3.63, 3.8) is 0 Å². The highest BCUT2D eigenvalue weighted by Gasteiger charge is 2.35. The molecule has 0 saturated carbocycles. The van der Waals surface area contributed by atoms with Crippen LogP contribution in [0.25, 0.3) is 0 Å². The molecule has 2 aromatic rings. The van der Waals surface area contributed by atoms with Gasteiger partial charge >= 0.3 is 5.97 Å². The predicted octanol–water partition coefficient (Wildman–Crippen LogP) is 4.82. The number of hydrogen-bond acceptors (Lipinski definition) is 7. The van der Waals surface area contributed by atoms with E-state index in [0.717, 1.165) is 42.7 Å². The highest BCUT2D eigenvalue weighted by molar-refractivity contribution is 5.74. The third-order valence-corrected chi connectivity index (χ3v) is 5.58. The van der Waals surface area contributed by atoms with E-state index in [9.17, 15) is 4.79 Å². The number of unbranched alkanes of at least 4 members (excludes halogenated alkanes) is 2. The van der Waals surface area contributed by atoms with Gasteiger partial charge < -0.3 is 14.2 Å². The molecule has 3 rings (SSSR count). The van der Waals surface area contributed by atoms with Crippen LogP contribution in [0.2, 0.25) is 0 Å². The third kappa shape index (κ3) is 6.93. The number of carbonyl (C=O) groups excluding carboxylic acids is 1. The van der Waals surface area contributed by atoms with E-state index in [4.69, 9.17) is 14.2 Å². The minimum absolute atomic E-state index is 0.211. The number of carbonyl (C=O) groups is 1. The van der Waals surface area contributed by atoms with Gasteiger partial charge in [-0.15, -0.1) is 10.2 Å². The Bertz CT molecular complexity index is 861. The Balaban J connectivity index is 1.80. The quantitative estimate of drug-likeness (QED) is 0.392. The van der Waals surface area contributed by atoms with Crippen LogP contribution < -0.4 is 9.47 Å². The first-order valence-corrected chi connectivity index (χ1v) is 11.6. The lowest BCUT2D eigenvalue weighted by atomic mass is 9.82. The van der Waals surface area contributed by atoms with E-state index in [1.807, 2.05) is 39.0 Å². The fraction of sp³-hybridized carbons (Fsp3) is 0.667. The molecular formula is C24H36N4O4. The number of nitrogens with zero attached hydrogens (tertiary/aromatic N) is 3. The molecule has 0 fully saturated rings. The second kappa shape index (κ2) is 10.8. The molecule has 0 spiro atoms. The maximum atomic E-state index is 13.3. The van der Waals surface area contributed by atoms with Gasteiger partial charge in [-0.05, 0) is 57.2 Å². The Labute approximate surface area is 190 Å². The fourth-order valence-electron chi connectivity index (χ4n) is 4.02. The summed E-state index contributed by atoms with van der Waals surface area (Å²) in [6, 6.07) is 5.86. The van der Waals surface area contributed by atoms with E-state index in [1.165, 1.54) is 6.42 Å². The number of tetrazole rings is 1. The van der Waals surface area contributed by atoms with E-state index in [2.05, 4.69) is 34.5 Å². The lowest BCUT2D eigenvalue weighted by Gasteiger charge is -2.28. The maximum absolute atomic E-state index is 13.3. The summed E-state index contributed by atoms with van der Waals surface area (Å²) in [5, 5.41) is 14.8. The summed E-state index contributed by atoms with van der Waals surface area (Å²) in [6.45, 7) is 10.4. The Hall–Kier alpha value is -2.64. The number of ether oxygens (including phenoxy) is 3. The molecule has 1 aliphatic heterocycles. The molecule has 176 valence electrons. The van der Waals surface area contributed by atoms with E-state index >= 15 is 0 Å². The predicted molar refractivity (Wildman–Crippen MR) is 120 cm³/mol. The molecule has 1 aromatic heterocycles. The van der Waals surface area contributed by atoms with Crippen LogP contribution in [0.3, 0.4) is 0 Å². The van der Waals surface area contributed by atoms with E-state index < -0.39 is 5.60 Å². The zero-order chi connectivity index (χ0) is 23.1. The molecule has 1 aliphatic rings. The molecule has 32 heavy (non-hydrogen) atoms. The smallest absolute Gasteiger partial charge is 0.310 e. The van der Waals surface area contributed by atoms with Crippen LogP contribution >= 0.6 is 0 Å². The lowest BCUT2D eigenvalue weighted by Crippen LogP contribution is -2.33. The van der Waals surface area contributed by atoms with Crippen molar-refractivity contribution >= 4 is 5.97 Å². The second-order valence-corrected chi connectivity index (χ2v) is 9.94. The highest BCUT2D eigenvalue weighted by atomic mass is 16.7. The molecule has 2 atom stereocenters. The van der Waals surface area contributed by atoms with Crippen molar-refractivity contribution in [2.75, 3.05) is 6.79 Å². The number of H-pyrrole nitrogens is 1. The van der Waals surface area contributed by atoms with Crippen molar-refractivity contribution in [1.82, 2.24) is 20.6 Å². The molecule has 1 N–H and O–H groups in total. The summed E-state index contributed by atoms with van der Waals surface area (Å²) in [4.78, 5) is 13.3. The third-order valence-electron chi connectivity index (χ3n) is 5.58. The van der Waals surface area contributed by atoms with E-state index in [-0.39, 0.29) is 24.6 Å². The van der Waals surface area contributed by atoms with Crippen molar-refractivity contribution in [2.45, 2.75) is 84.7 Å². The largest absolute Gasteiger partial charge is 0.460 e. The average molecular weight is 445 g/mol. The summed E-state index contributed by atoms with van der Waals surface area (Å²) in [7, 11) is 0. The van der Waals surface area contributed by atoms with E-state index in [1.54, 1.807) is 0 Å². The Morgan fingerprint density at radius 3 is 2.56 bits per heavy atom. The van der Waals surface area contributed by atoms with Gasteiger partial charge in [-0.2, -0.15) is 5.21 Å². The van der Waals surface area contributed by atoms with Crippen LogP contribution in [0.4, 0.5) is 0 Å². The molecule has 0 unspecified atom stereocenters. The summed E-state index contributed by atoms with van der Waals surface area (Å²) in [5.74, 6) is 1.84. The summed E-state index contributed by atoms with van der Waals surface area (Å²) in [6.07, 6.45) is 5.69. The zero-order valence-corrected chi connectivity index (χ0v) is 19.9. The summed E-state index contributed by atoms with van der Waals surface area (Å²) >= 11 is 0. The second-order valence-electron chi connectivity index (χ2n) is 9.94. The normalized spacial score (nSPS) is 15.1. The van der Waals surface area contributed by atoms with Crippen LogP contribution in [0.15, 0.2) is 18.2 Å². The first kappa shape index (κ1) is 24.0. The van der Waals surface area contributed by atoms with Crippen molar-refractivity contribution < 1.29 is 19.0 Å². The number of aromatic nitrogens is 4. The van der Waals surface area contributed by atoms with Gasteiger partial charge in [-0.25, -0.2) is 0 Å². The molecule has 0 amide bonds. The molecule has 0 aliphatic carbocycles. The molecule has 0 saturated heterocycles. The lowest BCUT2D eigenvalue weighted by molar-refractivity contribution is -0.161.